The minimum absolute atomic E-state index is 0.102. The molecule has 0 bridgehead atoms. The van der Waals surface area contributed by atoms with Gasteiger partial charge in [0.25, 0.3) is 11.5 Å². The van der Waals surface area contributed by atoms with Gasteiger partial charge >= 0.3 is 0 Å². The third-order valence-electron chi connectivity index (χ3n) is 3.08. The van der Waals surface area contributed by atoms with Crippen LogP contribution < -0.4 is 10.9 Å². The van der Waals surface area contributed by atoms with Gasteiger partial charge in [0.2, 0.25) is 0 Å². The summed E-state index contributed by atoms with van der Waals surface area (Å²) in [6.45, 7) is 6.15. The third kappa shape index (κ3) is 3.18. The van der Waals surface area contributed by atoms with E-state index in [4.69, 9.17) is 0 Å². The molecule has 0 aromatic carbocycles. The van der Waals surface area contributed by atoms with Gasteiger partial charge in [-0.1, -0.05) is 20.8 Å². The van der Waals surface area contributed by atoms with Gasteiger partial charge in [-0.15, -0.1) is 0 Å². The van der Waals surface area contributed by atoms with Crippen molar-refractivity contribution in [3.8, 4) is 0 Å². The molecule has 2 aromatic rings. The van der Waals surface area contributed by atoms with Crippen LogP contribution in [0.25, 0.3) is 0 Å². The Morgan fingerprint density at radius 3 is 2.33 bits per heavy atom. The van der Waals surface area contributed by atoms with Gasteiger partial charge in [0.15, 0.2) is 0 Å². The minimum Gasteiger partial charge on any atom is -0.305 e. The quantitative estimate of drug-likeness (QED) is 0.896. The first kappa shape index (κ1) is 15.0. The standard InChI is InChI=1S/C14H19N5O2/c1-14(2,3)10-8-11(18(4)17-10)15-13(21)9-6-7-12(20)19(5)16-9/h6-8H,1-5H3,(H,15,21). The summed E-state index contributed by atoms with van der Waals surface area (Å²) in [6, 6.07) is 4.55. The summed E-state index contributed by atoms with van der Waals surface area (Å²) >= 11 is 0. The lowest BCUT2D eigenvalue weighted by Crippen LogP contribution is -2.24. The van der Waals surface area contributed by atoms with E-state index < -0.39 is 0 Å². The predicted octanol–water partition coefficient (Wildman–Crippen LogP) is 1.06. The molecule has 0 spiro atoms. The molecule has 2 rings (SSSR count). The van der Waals surface area contributed by atoms with Crippen molar-refractivity contribution in [3.63, 3.8) is 0 Å². The first-order valence-corrected chi connectivity index (χ1v) is 6.59. The minimum atomic E-state index is -0.381. The van der Waals surface area contributed by atoms with Crippen LogP contribution >= 0.6 is 0 Å². The molecule has 0 radical (unpaired) electrons. The smallest absolute Gasteiger partial charge is 0.277 e. The fourth-order valence-corrected chi connectivity index (χ4v) is 1.75. The van der Waals surface area contributed by atoms with Gasteiger partial charge in [-0.25, -0.2) is 4.68 Å². The summed E-state index contributed by atoms with van der Waals surface area (Å²) in [5.74, 6) is 0.203. The zero-order chi connectivity index (χ0) is 15.8. The number of aryl methyl sites for hydroxylation is 2. The molecule has 0 aliphatic heterocycles. The lowest BCUT2D eigenvalue weighted by atomic mass is 9.92. The van der Waals surface area contributed by atoms with Gasteiger partial charge in [0.1, 0.15) is 11.5 Å². The van der Waals surface area contributed by atoms with Crippen molar-refractivity contribution in [1.29, 1.82) is 0 Å². The van der Waals surface area contributed by atoms with E-state index in [0.29, 0.717) is 5.82 Å². The van der Waals surface area contributed by atoms with E-state index >= 15 is 0 Å². The lowest BCUT2D eigenvalue weighted by Gasteiger charge is -2.13. The number of amides is 1. The Morgan fingerprint density at radius 2 is 1.81 bits per heavy atom. The summed E-state index contributed by atoms with van der Waals surface area (Å²) in [4.78, 5) is 23.4. The molecule has 2 aromatic heterocycles. The summed E-state index contributed by atoms with van der Waals surface area (Å²) in [7, 11) is 3.26. The van der Waals surface area contributed by atoms with Gasteiger partial charge < -0.3 is 5.32 Å². The molecule has 0 saturated heterocycles. The Balaban J connectivity index is 2.25. The van der Waals surface area contributed by atoms with Crippen LogP contribution in [0, 0.1) is 0 Å². The fraction of sp³-hybridized carbons (Fsp3) is 0.429. The summed E-state index contributed by atoms with van der Waals surface area (Å²) in [6.07, 6.45) is 0. The molecule has 2 heterocycles. The van der Waals surface area contributed by atoms with Crippen molar-refractivity contribution in [2.75, 3.05) is 5.32 Å². The van der Waals surface area contributed by atoms with Crippen LogP contribution in [0.1, 0.15) is 37.0 Å². The average Bonchev–Trinajstić information content (AvgIpc) is 2.74. The predicted molar refractivity (Wildman–Crippen MR) is 79.3 cm³/mol. The van der Waals surface area contributed by atoms with Crippen LogP contribution in [0.4, 0.5) is 5.82 Å². The molecule has 0 aliphatic carbocycles. The molecular formula is C14H19N5O2. The molecular weight excluding hydrogens is 270 g/mol. The van der Waals surface area contributed by atoms with Crippen molar-refractivity contribution >= 4 is 11.7 Å². The van der Waals surface area contributed by atoms with Gasteiger partial charge in [0, 0.05) is 31.6 Å². The van der Waals surface area contributed by atoms with Gasteiger partial charge in [-0.3, -0.25) is 14.3 Å². The Hall–Kier alpha value is -2.44. The summed E-state index contributed by atoms with van der Waals surface area (Å²) in [5.41, 5.74) is 0.696. The maximum Gasteiger partial charge on any atom is 0.277 e. The van der Waals surface area contributed by atoms with E-state index in [1.165, 1.54) is 19.2 Å². The van der Waals surface area contributed by atoms with E-state index in [1.807, 2.05) is 6.07 Å². The topological polar surface area (TPSA) is 81.8 Å². The highest BCUT2D eigenvalue weighted by Gasteiger charge is 2.20. The normalized spacial score (nSPS) is 11.5. The molecule has 1 N–H and O–H groups in total. The molecule has 0 aliphatic rings. The Bertz CT molecular complexity index is 737. The maximum atomic E-state index is 12.2. The van der Waals surface area contributed by atoms with E-state index in [1.54, 1.807) is 11.7 Å². The third-order valence-corrected chi connectivity index (χ3v) is 3.08. The number of carbonyl (C=O) groups is 1. The number of nitrogens with one attached hydrogen (secondary N) is 1. The highest BCUT2D eigenvalue weighted by molar-refractivity contribution is 6.02. The molecule has 21 heavy (non-hydrogen) atoms. The molecule has 112 valence electrons. The Labute approximate surface area is 122 Å². The average molecular weight is 289 g/mol. The van der Waals surface area contributed by atoms with Gasteiger partial charge in [0.05, 0.1) is 5.69 Å². The number of carbonyl (C=O) groups excluding carboxylic acids is 1. The van der Waals surface area contributed by atoms with E-state index in [9.17, 15) is 9.59 Å². The van der Waals surface area contributed by atoms with Crippen molar-refractivity contribution < 1.29 is 4.79 Å². The summed E-state index contributed by atoms with van der Waals surface area (Å²) < 4.78 is 2.74. The van der Waals surface area contributed by atoms with Crippen molar-refractivity contribution in [2.45, 2.75) is 26.2 Å². The van der Waals surface area contributed by atoms with Crippen LogP contribution in [0.5, 0.6) is 0 Å². The van der Waals surface area contributed by atoms with Gasteiger partial charge in [-0.2, -0.15) is 10.2 Å². The number of anilines is 1. The van der Waals surface area contributed by atoms with E-state index in [0.717, 1.165) is 10.4 Å². The van der Waals surface area contributed by atoms with E-state index in [2.05, 4.69) is 36.3 Å². The lowest BCUT2D eigenvalue weighted by molar-refractivity contribution is 0.101. The molecule has 7 heteroatoms. The van der Waals surface area contributed by atoms with Crippen LogP contribution in [0.15, 0.2) is 23.0 Å². The first-order chi connectivity index (χ1) is 9.68. The number of hydrogen-bond acceptors (Lipinski definition) is 4. The molecule has 1 amide bonds. The number of rotatable bonds is 2. The highest BCUT2D eigenvalue weighted by atomic mass is 16.2. The van der Waals surface area contributed by atoms with Crippen molar-refractivity contribution in [3.05, 3.63) is 39.9 Å². The van der Waals surface area contributed by atoms with Crippen LogP contribution in [-0.2, 0) is 19.5 Å². The largest absolute Gasteiger partial charge is 0.305 e. The Morgan fingerprint density at radius 1 is 1.14 bits per heavy atom. The number of hydrogen-bond donors (Lipinski definition) is 1. The molecule has 0 fully saturated rings. The number of nitrogens with zero attached hydrogens (tertiary/aromatic N) is 4. The highest BCUT2D eigenvalue weighted by Crippen LogP contribution is 2.23. The van der Waals surface area contributed by atoms with Crippen molar-refractivity contribution in [1.82, 2.24) is 19.6 Å². The monoisotopic (exact) mass is 289 g/mol. The first-order valence-electron chi connectivity index (χ1n) is 6.59. The molecule has 0 unspecified atom stereocenters. The second-order valence-electron chi connectivity index (χ2n) is 5.92. The SMILES string of the molecule is Cn1nc(C(C)(C)C)cc1NC(=O)c1ccc(=O)n(C)n1. The fourth-order valence-electron chi connectivity index (χ4n) is 1.75. The summed E-state index contributed by atoms with van der Waals surface area (Å²) in [5, 5.41) is 11.1. The molecule has 0 saturated carbocycles. The van der Waals surface area contributed by atoms with E-state index in [-0.39, 0.29) is 22.6 Å². The second kappa shape index (κ2) is 5.16. The van der Waals surface area contributed by atoms with Crippen molar-refractivity contribution in [2.24, 2.45) is 14.1 Å². The molecule has 7 nitrogen and oxygen atoms in total. The van der Waals surface area contributed by atoms with Crippen LogP contribution in [0.2, 0.25) is 0 Å². The zero-order valence-corrected chi connectivity index (χ0v) is 12.8. The maximum absolute atomic E-state index is 12.2. The van der Waals surface area contributed by atoms with Crippen LogP contribution in [-0.4, -0.2) is 25.5 Å². The second-order valence-corrected chi connectivity index (χ2v) is 5.92. The molecule has 0 atom stereocenters. The Kier molecular flexibility index (Phi) is 3.67. The van der Waals surface area contributed by atoms with Gasteiger partial charge in [-0.05, 0) is 6.07 Å². The zero-order valence-electron chi connectivity index (χ0n) is 12.8. The number of aromatic nitrogens is 4. The van der Waals surface area contributed by atoms with Crippen LogP contribution in [0.3, 0.4) is 0 Å².